The van der Waals surface area contributed by atoms with Gasteiger partial charge in [0.25, 0.3) is 0 Å². The van der Waals surface area contributed by atoms with Gasteiger partial charge < -0.3 is 9.15 Å². The SMILES string of the molecule is COc1ccccc1/C=C/c1nnc(-c2cccnc2)o1. The molecule has 3 aromatic rings. The van der Waals surface area contributed by atoms with Crippen LogP contribution in [0.1, 0.15) is 11.5 Å². The Hall–Kier alpha value is -2.95. The van der Waals surface area contributed by atoms with Crippen LogP contribution in [0.3, 0.4) is 0 Å². The molecule has 0 amide bonds. The maximum Gasteiger partial charge on any atom is 0.249 e. The average molecular weight is 279 g/mol. The number of rotatable bonds is 4. The molecule has 0 saturated heterocycles. The van der Waals surface area contributed by atoms with Crippen molar-refractivity contribution in [3.63, 3.8) is 0 Å². The van der Waals surface area contributed by atoms with Crippen molar-refractivity contribution in [2.75, 3.05) is 7.11 Å². The van der Waals surface area contributed by atoms with Crippen molar-refractivity contribution in [2.24, 2.45) is 0 Å². The van der Waals surface area contributed by atoms with Crippen LogP contribution in [0.15, 0.2) is 53.2 Å². The van der Waals surface area contributed by atoms with Gasteiger partial charge in [-0.3, -0.25) is 4.98 Å². The second-order valence-electron chi connectivity index (χ2n) is 4.26. The summed E-state index contributed by atoms with van der Waals surface area (Å²) >= 11 is 0. The smallest absolute Gasteiger partial charge is 0.249 e. The number of hydrogen-bond acceptors (Lipinski definition) is 5. The summed E-state index contributed by atoms with van der Waals surface area (Å²) in [6.07, 6.45) is 7.01. The van der Waals surface area contributed by atoms with E-state index in [4.69, 9.17) is 9.15 Å². The summed E-state index contributed by atoms with van der Waals surface area (Å²) < 4.78 is 10.9. The summed E-state index contributed by atoms with van der Waals surface area (Å²) in [4.78, 5) is 4.02. The highest BCUT2D eigenvalue weighted by atomic mass is 16.5. The zero-order valence-corrected chi connectivity index (χ0v) is 11.4. The van der Waals surface area contributed by atoms with Crippen molar-refractivity contribution in [2.45, 2.75) is 0 Å². The molecular formula is C16H13N3O2. The van der Waals surface area contributed by atoms with Crippen molar-refractivity contribution in [3.05, 3.63) is 60.2 Å². The van der Waals surface area contributed by atoms with E-state index in [0.717, 1.165) is 16.9 Å². The number of methoxy groups -OCH3 is 1. The zero-order valence-electron chi connectivity index (χ0n) is 11.4. The van der Waals surface area contributed by atoms with Crippen LogP contribution in [0.5, 0.6) is 5.75 Å². The number of hydrogen-bond donors (Lipinski definition) is 0. The fraction of sp³-hybridized carbons (Fsp3) is 0.0625. The summed E-state index contributed by atoms with van der Waals surface area (Å²) in [6.45, 7) is 0. The van der Waals surface area contributed by atoms with Gasteiger partial charge in [-0.1, -0.05) is 18.2 Å². The van der Waals surface area contributed by atoms with E-state index in [1.54, 1.807) is 25.6 Å². The summed E-state index contributed by atoms with van der Waals surface area (Å²) in [6, 6.07) is 11.4. The summed E-state index contributed by atoms with van der Waals surface area (Å²) in [5.41, 5.74) is 1.74. The molecule has 2 heterocycles. The Bertz CT molecular complexity index is 751. The molecule has 0 bridgehead atoms. The summed E-state index contributed by atoms with van der Waals surface area (Å²) in [7, 11) is 1.64. The van der Waals surface area contributed by atoms with Gasteiger partial charge in [0, 0.05) is 24.0 Å². The molecule has 0 aliphatic heterocycles. The highest BCUT2D eigenvalue weighted by Gasteiger charge is 2.06. The summed E-state index contributed by atoms with van der Waals surface area (Å²) in [5, 5.41) is 7.99. The topological polar surface area (TPSA) is 61.0 Å². The van der Waals surface area contributed by atoms with Crippen molar-refractivity contribution in [1.82, 2.24) is 15.2 Å². The fourth-order valence-corrected chi connectivity index (χ4v) is 1.87. The van der Waals surface area contributed by atoms with E-state index >= 15 is 0 Å². The molecule has 0 fully saturated rings. The number of para-hydroxylation sites is 1. The molecule has 0 N–H and O–H groups in total. The standard InChI is InChI=1S/C16H13N3O2/c1-20-14-7-3-2-5-12(14)8-9-15-18-19-16(21-15)13-6-4-10-17-11-13/h2-11H,1H3/b9-8+. The lowest BCUT2D eigenvalue weighted by atomic mass is 10.2. The van der Waals surface area contributed by atoms with E-state index < -0.39 is 0 Å². The maximum atomic E-state index is 5.58. The van der Waals surface area contributed by atoms with Crippen molar-refractivity contribution in [3.8, 4) is 17.2 Å². The predicted octanol–water partition coefficient (Wildman–Crippen LogP) is 3.31. The Morgan fingerprint density at radius 1 is 1.05 bits per heavy atom. The molecule has 5 heteroatoms. The molecule has 21 heavy (non-hydrogen) atoms. The second kappa shape index (κ2) is 6.00. The van der Waals surface area contributed by atoms with Crippen LogP contribution in [0.2, 0.25) is 0 Å². The number of nitrogens with zero attached hydrogens (tertiary/aromatic N) is 3. The highest BCUT2D eigenvalue weighted by Crippen LogP contribution is 2.21. The number of pyridine rings is 1. The molecule has 0 aliphatic carbocycles. The quantitative estimate of drug-likeness (QED) is 0.733. The first-order valence-corrected chi connectivity index (χ1v) is 6.42. The average Bonchev–Trinajstić information content (AvgIpc) is 3.03. The van der Waals surface area contributed by atoms with Gasteiger partial charge >= 0.3 is 0 Å². The molecule has 1 aromatic carbocycles. The third kappa shape index (κ3) is 2.97. The lowest BCUT2D eigenvalue weighted by Crippen LogP contribution is -1.85. The van der Waals surface area contributed by atoms with Crippen molar-refractivity contribution in [1.29, 1.82) is 0 Å². The van der Waals surface area contributed by atoms with Crippen molar-refractivity contribution < 1.29 is 9.15 Å². The van der Waals surface area contributed by atoms with Crippen LogP contribution in [0.25, 0.3) is 23.6 Å². The van der Waals surface area contributed by atoms with Gasteiger partial charge in [-0.25, -0.2) is 0 Å². The maximum absolute atomic E-state index is 5.58. The Kier molecular flexibility index (Phi) is 3.73. The van der Waals surface area contributed by atoms with Gasteiger partial charge in [0.05, 0.1) is 12.7 Å². The third-order valence-electron chi connectivity index (χ3n) is 2.89. The molecule has 0 saturated carbocycles. The number of benzene rings is 1. The molecule has 0 atom stereocenters. The zero-order chi connectivity index (χ0) is 14.5. The Morgan fingerprint density at radius 3 is 2.76 bits per heavy atom. The third-order valence-corrected chi connectivity index (χ3v) is 2.89. The van der Waals surface area contributed by atoms with Crippen LogP contribution in [0, 0.1) is 0 Å². The van der Waals surface area contributed by atoms with E-state index in [1.807, 2.05) is 42.5 Å². The normalized spacial score (nSPS) is 10.9. The predicted molar refractivity (Wildman–Crippen MR) is 79.5 cm³/mol. The van der Waals surface area contributed by atoms with Crippen LogP contribution in [-0.2, 0) is 0 Å². The molecule has 104 valence electrons. The van der Waals surface area contributed by atoms with E-state index in [0.29, 0.717) is 11.8 Å². The van der Waals surface area contributed by atoms with Crippen LogP contribution >= 0.6 is 0 Å². The van der Waals surface area contributed by atoms with Gasteiger partial charge in [0.2, 0.25) is 11.8 Å². The lowest BCUT2D eigenvalue weighted by molar-refractivity contribution is 0.414. The van der Waals surface area contributed by atoms with Crippen molar-refractivity contribution >= 4 is 12.2 Å². The van der Waals surface area contributed by atoms with E-state index in [9.17, 15) is 0 Å². The van der Waals surface area contributed by atoms with E-state index in [1.165, 1.54) is 0 Å². The first kappa shape index (κ1) is 13.1. The fourth-order valence-electron chi connectivity index (χ4n) is 1.87. The largest absolute Gasteiger partial charge is 0.496 e. The van der Waals surface area contributed by atoms with Gasteiger partial charge in [-0.05, 0) is 24.3 Å². The number of ether oxygens (including phenoxy) is 1. The highest BCUT2D eigenvalue weighted by molar-refractivity contribution is 5.70. The van der Waals surface area contributed by atoms with E-state index in [-0.39, 0.29) is 0 Å². The molecule has 0 unspecified atom stereocenters. The first-order valence-electron chi connectivity index (χ1n) is 6.42. The lowest BCUT2D eigenvalue weighted by Gasteiger charge is -2.02. The molecule has 5 nitrogen and oxygen atoms in total. The van der Waals surface area contributed by atoms with Gasteiger partial charge in [-0.2, -0.15) is 0 Å². The van der Waals surface area contributed by atoms with Gasteiger partial charge in [-0.15, -0.1) is 10.2 Å². The minimum atomic E-state index is 0.430. The molecular weight excluding hydrogens is 266 g/mol. The van der Waals surface area contributed by atoms with E-state index in [2.05, 4.69) is 15.2 Å². The molecule has 3 rings (SSSR count). The minimum absolute atomic E-state index is 0.430. The van der Waals surface area contributed by atoms with Crippen LogP contribution < -0.4 is 4.74 Å². The van der Waals surface area contributed by atoms with Gasteiger partial charge in [0.15, 0.2) is 0 Å². The minimum Gasteiger partial charge on any atom is -0.496 e. The van der Waals surface area contributed by atoms with Gasteiger partial charge in [0.1, 0.15) is 5.75 Å². The second-order valence-corrected chi connectivity index (χ2v) is 4.26. The van der Waals surface area contributed by atoms with Crippen LogP contribution in [-0.4, -0.2) is 22.3 Å². The van der Waals surface area contributed by atoms with Crippen LogP contribution in [0.4, 0.5) is 0 Å². The Labute approximate surface area is 121 Å². The monoisotopic (exact) mass is 279 g/mol. The number of aromatic nitrogens is 3. The molecule has 0 radical (unpaired) electrons. The molecule has 2 aromatic heterocycles. The summed E-state index contributed by atoms with van der Waals surface area (Å²) in [5.74, 6) is 1.67. The Morgan fingerprint density at radius 2 is 1.95 bits per heavy atom. The molecule has 0 aliphatic rings. The first-order chi connectivity index (χ1) is 10.4. The Balaban J connectivity index is 1.83. The molecule has 0 spiro atoms.